The monoisotopic (exact) mass is 279 g/mol. The lowest BCUT2D eigenvalue weighted by Crippen LogP contribution is -1.98. The molecule has 2 aromatic carbocycles. The van der Waals surface area contributed by atoms with Gasteiger partial charge in [-0.15, -0.1) is 0 Å². The number of benzene rings is 2. The number of aromatic nitrogens is 1. The Morgan fingerprint density at radius 1 is 1.05 bits per heavy atom. The zero-order valence-corrected chi connectivity index (χ0v) is 12.0. The van der Waals surface area contributed by atoms with Gasteiger partial charge in [-0.1, -0.05) is 0 Å². The summed E-state index contributed by atoms with van der Waals surface area (Å²) in [5, 5.41) is 14.8. The maximum atomic E-state index is 9.49. The second kappa shape index (κ2) is 4.98. The van der Waals surface area contributed by atoms with Crippen LogP contribution in [0.5, 0.6) is 5.75 Å². The van der Waals surface area contributed by atoms with Gasteiger partial charge in [0, 0.05) is 28.3 Å². The van der Waals surface area contributed by atoms with Crippen LogP contribution in [-0.2, 0) is 0 Å². The van der Waals surface area contributed by atoms with Crippen LogP contribution >= 0.6 is 0 Å². The predicted octanol–water partition coefficient (Wildman–Crippen LogP) is 3.88. The van der Waals surface area contributed by atoms with Crippen molar-refractivity contribution in [3.8, 4) is 5.75 Å². The van der Waals surface area contributed by atoms with Gasteiger partial charge in [0.2, 0.25) is 0 Å². The molecule has 1 heterocycles. The average Bonchev–Trinajstić information content (AvgIpc) is 2.42. The van der Waals surface area contributed by atoms with Crippen LogP contribution in [0.25, 0.3) is 10.8 Å². The number of phenolic OH excluding ortho intramolecular Hbond substituents is 1. The fraction of sp³-hybridized carbons (Fsp3) is 0.118. The van der Waals surface area contributed by atoms with Gasteiger partial charge in [-0.05, 0) is 61.4 Å². The summed E-state index contributed by atoms with van der Waals surface area (Å²) in [6, 6.07) is 11.1. The second-order valence-electron chi connectivity index (χ2n) is 5.23. The third-order valence-electron chi connectivity index (χ3n) is 3.52. The number of aryl methyl sites for hydroxylation is 2. The highest BCUT2D eigenvalue weighted by atomic mass is 16.3. The number of nitrogens with zero attached hydrogens (tertiary/aromatic N) is 1. The Bertz CT molecular complexity index is 828. The first-order chi connectivity index (χ1) is 10.0. The molecule has 4 N–H and O–H groups in total. The molecule has 0 radical (unpaired) electrons. The Hall–Kier alpha value is -2.75. The summed E-state index contributed by atoms with van der Waals surface area (Å²) in [4.78, 5) is 4.42. The number of nitrogens with two attached hydrogens (primary N) is 1. The lowest BCUT2D eigenvalue weighted by atomic mass is 10.1. The Balaban J connectivity index is 2.12. The van der Waals surface area contributed by atoms with Gasteiger partial charge in [0.25, 0.3) is 0 Å². The Morgan fingerprint density at radius 2 is 1.86 bits per heavy atom. The first kappa shape index (κ1) is 13.2. The number of hydrogen-bond donors (Lipinski definition) is 3. The number of nitrogens with one attached hydrogen (secondary N) is 1. The fourth-order valence-electron chi connectivity index (χ4n) is 2.48. The van der Waals surface area contributed by atoms with Crippen molar-refractivity contribution in [1.29, 1.82) is 0 Å². The number of nitrogen functional groups attached to an aromatic ring is 1. The smallest absolute Gasteiger partial charge is 0.138 e. The van der Waals surface area contributed by atoms with Gasteiger partial charge < -0.3 is 16.2 Å². The Kier molecular flexibility index (Phi) is 3.14. The molecule has 0 unspecified atom stereocenters. The molecule has 0 saturated heterocycles. The van der Waals surface area contributed by atoms with Crippen molar-refractivity contribution in [3.63, 3.8) is 0 Å². The molecule has 0 spiro atoms. The molecule has 0 saturated carbocycles. The lowest BCUT2D eigenvalue weighted by Gasteiger charge is -2.13. The van der Waals surface area contributed by atoms with Gasteiger partial charge in [0.05, 0.1) is 0 Å². The van der Waals surface area contributed by atoms with E-state index in [0.29, 0.717) is 0 Å². The zero-order chi connectivity index (χ0) is 15.0. The minimum atomic E-state index is 0.254. The van der Waals surface area contributed by atoms with Crippen LogP contribution in [0, 0.1) is 13.8 Å². The molecular formula is C17H17N3O. The van der Waals surface area contributed by atoms with Crippen molar-refractivity contribution in [2.45, 2.75) is 13.8 Å². The number of fused-ring (bicyclic) bond motifs is 1. The molecule has 0 atom stereocenters. The highest BCUT2D eigenvalue weighted by Gasteiger charge is 2.08. The Labute approximate surface area is 123 Å². The summed E-state index contributed by atoms with van der Waals surface area (Å²) in [5.41, 5.74) is 9.79. The van der Waals surface area contributed by atoms with Crippen molar-refractivity contribution in [2.24, 2.45) is 0 Å². The van der Waals surface area contributed by atoms with Crippen LogP contribution in [0.15, 0.2) is 42.6 Å². The Morgan fingerprint density at radius 3 is 2.62 bits per heavy atom. The van der Waals surface area contributed by atoms with Crippen molar-refractivity contribution in [3.05, 3.63) is 53.7 Å². The summed E-state index contributed by atoms with van der Waals surface area (Å²) in [7, 11) is 0. The third kappa shape index (κ3) is 2.48. The molecule has 3 rings (SSSR count). The molecule has 0 fully saturated rings. The summed E-state index contributed by atoms with van der Waals surface area (Å²) >= 11 is 0. The highest BCUT2D eigenvalue weighted by Crippen LogP contribution is 2.30. The molecule has 3 aromatic rings. The van der Waals surface area contributed by atoms with E-state index < -0.39 is 0 Å². The number of aromatic hydroxyl groups is 1. The van der Waals surface area contributed by atoms with E-state index in [-0.39, 0.29) is 5.75 Å². The normalized spacial score (nSPS) is 10.8. The zero-order valence-electron chi connectivity index (χ0n) is 12.0. The minimum Gasteiger partial charge on any atom is -0.508 e. The van der Waals surface area contributed by atoms with Gasteiger partial charge in [-0.2, -0.15) is 0 Å². The molecular weight excluding hydrogens is 262 g/mol. The number of phenols is 1. The molecule has 0 bridgehead atoms. The highest BCUT2D eigenvalue weighted by molar-refractivity contribution is 6.00. The van der Waals surface area contributed by atoms with Crippen molar-refractivity contribution < 1.29 is 5.11 Å². The summed E-state index contributed by atoms with van der Waals surface area (Å²) < 4.78 is 0. The van der Waals surface area contributed by atoms with Gasteiger partial charge in [-0.25, -0.2) is 4.98 Å². The van der Waals surface area contributed by atoms with Crippen molar-refractivity contribution in [1.82, 2.24) is 4.98 Å². The molecule has 1 aromatic heterocycles. The molecule has 21 heavy (non-hydrogen) atoms. The second-order valence-corrected chi connectivity index (χ2v) is 5.23. The fourth-order valence-corrected chi connectivity index (χ4v) is 2.48. The molecule has 0 amide bonds. The van der Waals surface area contributed by atoms with E-state index in [1.165, 1.54) is 0 Å². The predicted molar refractivity (Wildman–Crippen MR) is 87.0 cm³/mol. The van der Waals surface area contributed by atoms with E-state index in [1.54, 1.807) is 18.3 Å². The molecule has 106 valence electrons. The maximum absolute atomic E-state index is 9.49. The maximum Gasteiger partial charge on any atom is 0.138 e. The van der Waals surface area contributed by atoms with E-state index in [2.05, 4.69) is 16.4 Å². The van der Waals surface area contributed by atoms with Gasteiger partial charge in [0.15, 0.2) is 0 Å². The SMILES string of the molecule is Cc1cc(N)c2ccnc(Nc3ccc(O)cc3C)c2c1. The van der Waals surface area contributed by atoms with E-state index in [0.717, 1.165) is 39.1 Å². The van der Waals surface area contributed by atoms with Crippen molar-refractivity contribution in [2.75, 3.05) is 11.1 Å². The standard InChI is InChI=1S/C17H17N3O/c1-10-7-14-13(15(18)8-10)5-6-19-17(14)20-16-4-3-12(21)9-11(16)2/h3-9,21H,18H2,1-2H3,(H,19,20). The lowest BCUT2D eigenvalue weighted by molar-refractivity contribution is 0.475. The molecule has 0 aliphatic carbocycles. The molecule has 0 aliphatic heterocycles. The topological polar surface area (TPSA) is 71.2 Å². The van der Waals surface area contributed by atoms with Crippen LogP contribution in [0.4, 0.5) is 17.2 Å². The first-order valence-electron chi connectivity index (χ1n) is 6.76. The largest absolute Gasteiger partial charge is 0.508 e. The van der Waals surface area contributed by atoms with E-state index in [1.807, 2.05) is 32.0 Å². The van der Waals surface area contributed by atoms with E-state index in [9.17, 15) is 5.11 Å². The van der Waals surface area contributed by atoms with Gasteiger partial charge >= 0.3 is 0 Å². The summed E-state index contributed by atoms with van der Waals surface area (Å²) in [5.74, 6) is 1.01. The van der Waals surface area contributed by atoms with Crippen LogP contribution < -0.4 is 11.1 Å². The van der Waals surface area contributed by atoms with Gasteiger partial charge in [-0.3, -0.25) is 0 Å². The summed E-state index contributed by atoms with van der Waals surface area (Å²) in [6.45, 7) is 3.95. The minimum absolute atomic E-state index is 0.254. The number of pyridine rings is 1. The van der Waals surface area contributed by atoms with E-state index >= 15 is 0 Å². The number of rotatable bonds is 2. The number of hydrogen-bond acceptors (Lipinski definition) is 4. The third-order valence-corrected chi connectivity index (χ3v) is 3.52. The van der Waals surface area contributed by atoms with Crippen LogP contribution in [-0.4, -0.2) is 10.1 Å². The van der Waals surface area contributed by atoms with Gasteiger partial charge in [0.1, 0.15) is 11.6 Å². The van der Waals surface area contributed by atoms with Crippen molar-refractivity contribution >= 4 is 28.0 Å². The first-order valence-corrected chi connectivity index (χ1v) is 6.76. The quantitative estimate of drug-likeness (QED) is 0.491. The number of anilines is 3. The van der Waals surface area contributed by atoms with Crippen LogP contribution in [0.2, 0.25) is 0 Å². The average molecular weight is 279 g/mol. The van der Waals surface area contributed by atoms with Crippen LogP contribution in [0.3, 0.4) is 0 Å². The van der Waals surface area contributed by atoms with E-state index in [4.69, 9.17) is 5.73 Å². The molecule has 4 heteroatoms. The molecule has 4 nitrogen and oxygen atoms in total. The summed E-state index contributed by atoms with van der Waals surface area (Å²) in [6.07, 6.45) is 1.74. The molecule has 0 aliphatic rings. The van der Waals surface area contributed by atoms with Crippen LogP contribution in [0.1, 0.15) is 11.1 Å².